The Bertz CT molecular complexity index is 1270. The zero-order chi connectivity index (χ0) is 30.6. The maximum absolute atomic E-state index is 14.0. The lowest BCUT2D eigenvalue weighted by atomic mass is 10.0. The van der Waals surface area contributed by atoms with Gasteiger partial charge in [-0.2, -0.15) is 26.3 Å². The molecule has 0 saturated carbocycles. The van der Waals surface area contributed by atoms with Crippen molar-refractivity contribution < 1.29 is 45.4 Å². The highest BCUT2D eigenvalue weighted by Crippen LogP contribution is 2.43. The Morgan fingerprint density at radius 1 is 1.20 bits per heavy atom. The molecule has 9 nitrogen and oxygen atoms in total. The molecule has 0 bridgehead atoms. The average Bonchev–Trinajstić information content (AvgIpc) is 2.82. The van der Waals surface area contributed by atoms with Gasteiger partial charge in [-0.15, -0.1) is 0 Å². The molecule has 1 heterocycles. The molecule has 1 unspecified atom stereocenters. The summed E-state index contributed by atoms with van der Waals surface area (Å²) in [4.78, 5) is 22.3. The summed E-state index contributed by atoms with van der Waals surface area (Å²) in [6.45, 7) is 2.65. The smallest absolute Gasteiger partial charge is 0.408 e. The summed E-state index contributed by atoms with van der Waals surface area (Å²) in [6, 6.07) is 0.878. The number of ether oxygens (including phenoxy) is 1. The lowest BCUT2D eigenvalue weighted by molar-refractivity contribution is -0.143. The number of likely N-dealkylation sites (N-methyl/N-ethyl adjacent to an activating group) is 1. The Morgan fingerprint density at radius 3 is 2.33 bits per heavy atom. The van der Waals surface area contributed by atoms with E-state index < -0.39 is 70.0 Å². The molecule has 0 saturated heterocycles. The van der Waals surface area contributed by atoms with Crippen molar-refractivity contribution in [2.75, 3.05) is 25.5 Å². The predicted molar refractivity (Wildman–Crippen MR) is 132 cm³/mol. The minimum absolute atomic E-state index is 0.154. The highest BCUT2D eigenvalue weighted by Gasteiger charge is 2.42. The van der Waals surface area contributed by atoms with Crippen LogP contribution in [0.3, 0.4) is 0 Å². The fraction of sp³-hybridized carbons (Fsp3) is 0.391. The van der Waals surface area contributed by atoms with E-state index >= 15 is 0 Å². The zero-order valence-electron chi connectivity index (χ0n) is 21.3. The van der Waals surface area contributed by atoms with Crippen molar-refractivity contribution in [3.05, 3.63) is 51.9 Å². The SMILES string of the molecule is CC(C)N(C(=O)Oc1c(C(=N)/N=C\NCC(O)N(C)C)cc(C(F)(F)F)cc1C(F)(F)F)c1ccc(F)c(Cl)n1. The molecule has 0 spiro atoms. The molecule has 3 N–H and O–H groups in total. The Hall–Kier alpha value is -3.50. The summed E-state index contributed by atoms with van der Waals surface area (Å²) >= 11 is 5.65. The summed E-state index contributed by atoms with van der Waals surface area (Å²) in [7, 11) is 3.06. The lowest BCUT2D eigenvalue weighted by Gasteiger charge is -2.26. The molecule has 1 atom stereocenters. The Labute approximate surface area is 228 Å². The van der Waals surface area contributed by atoms with Gasteiger partial charge in [-0.05, 0) is 52.2 Å². The van der Waals surface area contributed by atoms with Gasteiger partial charge < -0.3 is 15.2 Å². The number of carbonyl (C=O) groups is 1. The molecule has 0 aliphatic carbocycles. The van der Waals surface area contributed by atoms with Crippen molar-refractivity contribution in [2.45, 2.75) is 38.5 Å². The molecule has 0 fully saturated rings. The van der Waals surface area contributed by atoms with Crippen molar-refractivity contribution in [1.82, 2.24) is 15.2 Å². The summed E-state index contributed by atoms with van der Waals surface area (Å²) in [5.74, 6) is -3.85. The van der Waals surface area contributed by atoms with Gasteiger partial charge in [0.2, 0.25) is 0 Å². The van der Waals surface area contributed by atoms with Crippen LogP contribution in [0.1, 0.15) is 30.5 Å². The second kappa shape index (κ2) is 12.8. The van der Waals surface area contributed by atoms with Gasteiger partial charge in [-0.25, -0.2) is 19.2 Å². The quantitative estimate of drug-likeness (QED) is 0.127. The number of carbonyl (C=O) groups excluding carboxylic acids is 1. The van der Waals surface area contributed by atoms with Crippen molar-refractivity contribution in [3.8, 4) is 5.75 Å². The van der Waals surface area contributed by atoms with E-state index in [2.05, 4.69) is 15.3 Å². The van der Waals surface area contributed by atoms with Crippen LogP contribution in [-0.4, -0.2) is 66.2 Å². The molecule has 2 aromatic rings. The number of aliphatic imine (C=N–C) groups is 1. The van der Waals surface area contributed by atoms with E-state index in [0.29, 0.717) is 4.90 Å². The van der Waals surface area contributed by atoms with Gasteiger partial charge in [0, 0.05) is 6.04 Å². The molecule has 0 aliphatic heterocycles. The zero-order valence-corrected chi connectivity index (χ0v) is 22.1. The first-order valence-electron chi connectivity index (χ1n) is 11.2. The van der Waals surface area contributed by atoms with Crippen LogP contribution in [0.4, 0.5) is 41.3 Å². The van der Waals surface area contributed by atoms with E-state index in [-0.39, 0.29) is 24.5 Å². The molecule has 0 aliphatic rings. The summed E-state index contributed by atoms with van der Waals surface area (Å²) in [6.07, 6.45) is -12.5. The topological polar surface area (TPSA) is 114 Å². The highest BCUT2D eigenvalue weighted by molar-refractivity contribution is 6.29. The third kappa shape index (κ3) is 8.25. The molecular formula is C23H24ClF7N6O3. The molecule has 220 valence electrons. The van der Waals surface area contributed by atoms with Crippen LogP contribution in [0.5, 0.6) is 5.75 Å². The van der Waals surface area contributed by atoms with E-state index in [1.807, 2.05) is 0 Å². The number of benzene rings is 1. The maximum atomic E-state index is 14.0. The third-order valence-electron chi connectivity index (χ3n) is 5.10. The first-order valence-corrected chi connectivity index (χ1v) is 11.6. The van der Waals surface area contributed by atoms with Crippen LogP contribution in [0.25, 0.3) is 0 Å². The number of aromatic nitrogens is 1. The summed E-state index contributed by atoms with van der Waals surface area (Å²) in [5.41, 5.74) is -4.90. The number of anilines is 1. The summed E-state index contributed by atoms with van der Waals surface area (Å²) < 4.78 is 101. The third-order valence-corrected chi connectivity index (χ3v) is 5.36. The maximum Gasteiger partial charge on any atom is 0.421 e. The Kier molecular flexibility index (Phi) is 10.5. The predicted octanol–water partition coefficient (Wildman–Crippen LogP) is 5.15. The normalized spacial score (nSPS) is 13.2. The van der Waals surface area contributed by atoms with Gasteiger partial charge in [-0.3, -0.25) is 15.2 Å². The molecule has 0 radical (unpaired) electrons. The van der Waals surface area contributed by atoms with Gasteiger partial charge in [0.05, 0.1) is 29.6 Å². The van der Waals surface area contributed by atoms with E-state index in [1.54, 1.807) is 0 Å². The number of hydrogen-bond donors (Lipinski definition) is 3. The fourth-order valence-electron chi connectivity index (χ4n) is 3.06. The van der Waals surface area contributed by atoms with Crippen LogP contribution in [0, 0.1) is 11.2 Å². The van der Waals surface area contributed by atoms with E-state index in [0.717, 1.165) is 18.5 Å². The fourth-order valence-corrected chi connectivity index (χ4v) is 3.21. The van der Waals surface area contributed by atoms with Crippen molar-refractivity contribution in [1.29, 1.82) is 5.41 Å². The number of hydrogen-bond acceptors (Lipinski definition) is 6. The molecule has 1 aromatic carbocycles. The number of amides is 1. The first kappa shape index (κ1) is 32.7. The number of pyridine rings is 1. The minimum Gasteiger partial charge on any atom is -0.408 e. The largest absolute Gasteiger partial charge is 0.421 e. The molecule has 2 rings (SSSR count). The number of amidine groups is 1. The number of halogens is 8. The van der Waals surface area contributed by atoms with Gasteiger partial charge in [0.25, 0.3) is 0 Å². The second-order valence-corrected chi connectivity index (χ2v) is 8.99. The number of aliphatic hydroxyl groups excluding tert-OH is 1. The summed E-state index contributed by atoms with van der Waals surface area (Å²) in [5, 5.41) is 19.6. The highest BCUT2D eigenvalue weighted by atomic mass is 35.5. The minimum atomic E-state index is -5.47. The van der Waals surface area contributed by atoms with Gasteiger partial charge in [-0.1, -0.05) is 11.6 Å². The van der Waals surface area contributed by atoms with Crippen molar-refractivity contribution in [2.24, 2.45) is 4.99 Å². The first-order chi connectivity index (χ1) is 18.3. The molecule has 17 heteroatoms. The Morgan fingerprint density at radius 2 is 1.82 bits per heavy atom. The van der Waals surface area contributed by atoms with E-state index in [4.69, 9.17) is 21.7 Å². The van der Waals surface area contributed by atoms with E-state index in [1.165, 1.54) is 32.8 Å². The molecule has 1 amide bonds. The van der Waals surface area contributed by atoms with Gasteiger partial charge in [0.1, 0.15) is 12.0 Å². The molecule has 1 aromatic heterocycles. The molecule has 40 heavy (non-hydrogen) atoms. The number of rotatable bonds is 8. The Balaban J connectivity index is 2.63. The monoisotopic (exact) mass is 600 g/mol. The van der Waals surface area contributed by atoms with Crippen LogP contribution in [0.15, 0.2) is 29.3 Å². The lowest BCUT2D eigenvalue weighted by Crippen LogP contribution is -2.40. The average molecular weight is 601 g/mol. The van der Waals surface area contributed by atoms with Gasteiger partial charge in [0.15, 0.2) is 22.6 Å². The number of nitrogens with one attached hydrogen (secondary N) is 2. The van der Waals surface area contributed by atoms with Crippen molar-refractivity contribution >= 4 is 35.7 Å². The number of nitrogens with zero attached hydrogens (tertiary/aromatic N) is 4. The van der Waals surface area contributed by atoms with Gasteiger partial charge >= 0.3 is 18.4 Å². The number of aliphatic hydroxyl groups is 1. The van der Waals surface area contributed by atoms with Crippen molar-refractivity contribution in [3.63, 3.8) is 0 Å². The molecular weight excluding hydrogens is 577 g/mol. The second-order valence-electron chi connectivity index (χ2n) is 8.63. The van der Waals surface area contributed by atoms with Crippen LogP contribution >= 0.6 is 11.6 Å². The van der Waals surface area contributed by atoms with Crippen LogP contribution in [0.2, 0.25) is 5.15 Å². The standard InChI is InChI=1S/C23H24ClF7N6O3/c1-11(2)37(16-6-5-15(25)19(24)35-16)21(39)40-18-13(20(32)34-10-33-9-17(38)36(3)4)7-12(22(26,27)28)8-14(18)23(29,30)31/h5-8,10-11,17,38H,9H2,1-4H3,(H2,32,33,34). The van der Waals surface area contributed by atoms with Crippen LogP contribution < -0.4 is 15.0 Å². The van der Waals surface area contributed by atoms with Crippen LogP contribution in [-0.2, 0) is 12.4 Å². The van der Waals surface area contributed by atoms with E-state index in [9.17, 15) is 40.6 Å². The number of alkyl halides is 6.